The van der Waals surface area contributed by atoms with Gasteiger partial charge in [0.1, 0.15) is 67.1 Å². The Balaban J connectivity index is 1.96. The Kier molecular flexibility index (Phi) is 11.8. The zero-order valence-electron chi connectivity index (χ0n) is 22.1. The highest BCUT2D eigenvalue weighted by atomic mass is 32.3. The van der Waals surface area contributed by atoms with Gasteiger partial charge in [0.2, 0.25) is 5.91 Å². The van der Waals surface area contributed by atoms with E-state index in [1.165, 1.54) is 14.0 Å². The maximum Gasteiger partial charge on any atom is 0.397 e. The van der Waals surface area contributed by atoms with Gasteiger partial charge < -0.3 is 69.5 Å². The third-order valence-corrected chi connectivity index (χ3v) is 7.34. The number of aliphatic hydroxyl groups excluding tert-OH is 7. The Morgan fingerprint density at radius 2 is 1.29 bits per heavy atom. The molecule has 240 valence electrons. The highest BCUT2D eigenvalue weighted by Gasteiger charge is 2.55. The number of methoxy groups -OCH3 is 1. The molecule has 3 saturated heterocycles. The first-order chi connectivity index (χ1) is 19.1. The van der Waals surface area contributed by atoms with Crippen molar-refractivity contribution in [1.29, 1.82) is 0 Å². The Bertz CT molecular complexity index is 970. The first-order valence-corrected chi connectivity index (χ1v) is 13.8. The largest absolute Gasteiger partial charge is 0.397 e. The van der Waals surface area contributed by atoms with Crippen LogP contribution < -0.4 is 5.32 Å². The van der Waals surface area contributed by atoms with E-state index in [-0.39, 0.29) is 0 Å². The first kappa shape index (κ1) is 34.3. The third-order valence-electron chi connectivity index (χ3n) is 6.87. The van der Waals surface area contributed by atoms with Crippen molar-refractivity contribution in [2.45, 2.75) is 106 Å². The summed E-state index contributed by atoms with van der Waals surface area (Å²) in [5.41, 5.74) is 0. The Labute approximate surface area is 234 Å². The summed E-state index contributed by atoms with van der Waals surface area (Å²) in [5, 5.41) is 74.3. The van der Waals surface area contributed by atoms with Gasteiger partial charge in [0.05, 0.1) is 19.3 Å². The van der Waals surface area contributed by atoms with Gasteiger partial charge in [-0.25, -0.2) is 4.18 Å². The minimum atomic E-state index is -5.16. The normalized spacial score (nSPS) is 45.8. The van der Waals surface area contributed by atoms with Crippen molar-refractivity contribution in [3.05, 3.63) is 0 Å². The molecule has 1 amide bonds. The molecule has 0 saturated carbocycles. The number of rotatable bonds is 10. The van der Waals surface area contributed by atoms with Crippen LogP contribution in [-0.2, 0) is 47.8 Å². The fraction of sp³-hybridized carbons (Fsp3) is 0.952. The zero-order valence-corrected chi connectivity index (χ0v) is 23.0. The van der Waals surface area contributed by atoms with Crippen molar-refractivity contribution in [1.82, 2.24) is 5.32 Å². The molecule has 0 aliphatic carbocycles. The van der Waals surface area contributed by atoms with Gasteiger partial charge in [-0.3, -0.25) is 9.35 Å². The van der Waals surface area contributed by atoms with E-state index in [0.717, 1.165) is 6.92 Å². The van der Waals surface area contributed by atoms with E-state index in [9.17, 15) is 49.0 Å². The van der Waals surface area contributed by atoms with Crippen LogP contribution in [0, 0.1) is 0 Å². The van der Waals surface area contributed by atoms with Crippen LogP contribution in [0.25, 0.3) is 0 Å². The topological polar surface area (TPSA) is 290 Å². The maximum atomic E-state index is 12.1. The number of ether oxygens (including phenoxy) is 6. The van der Waals surface area contributed by atoms with Crippen LogP contribution in [0.2, 0.25) is 0 Å². The van der Waals surface area contributed by atoms with Crippen LogP contribution >= 0.6 is 0 Å². The van der Waals surface area contributed by atoms with E-state index in [2.05, 4.69) is 9.50 Å². The predicted molar refractivity (Wildman–Crippen MR) is 127 cm³/mol. The molecule has 3 aliphatic heterocycles. The lowest BCUT2D eigenvalue weighted by Crippen LogP contribution is -2.69. The number of carbonyl (C=O) groups excluding carboxylic acids is 1. The number of aliphatic hydroxyl groups is 7. The van der Waals surface area contributed by atoms with Crippen molar-refractivity contribution < 1.29 is 86.1 Å². The summed E-state index contributed by atoms with van der Waals surface area (Å²) in [5.74, 6) is -0.612. The van der Waals surface area contributed by atoms with Gasteiger partial charge >= 0.3 is 10.4 Å². The second-order valence-corrected chi connectivity index (χ2v) is 10.8. The molecule has 41 heavy (non-hydrogen) atoms. The predicted octanol–water partition coefficient (Wildman–Crippen LogP) is -5.92. The van der Waals surface area contributed by atoms with Crippen LogP contribution in [-0.4, -0.2) is 167 Å². The minimum absolute atomic E-state index is 0.612. The van der Waals surface area contributed by atoms with Crippen LogP contribution in [0.15, 0.2) is 0 Å². The molecule has 0 aromatic rings. The Hall–Kier alpha value is -1.18. The Morgan fingerprint density at radius 1 is 0.780 bits per heavy atom. The summed E-state index contributed by atoms with van der Waals surface area (Å²) >= 11 is 0. The minimum Gasteiger partial charge on any atom is -0.394 e. The Morgan fingerprint density at radius 3 is 1.83 bits per heavy atom. The lowest BCUT2D eigenvalue weighted by Gasteiger charge is -2.50. The van der Waals surface area contributed by atoms with Gasteiger partial charge in [0.25, 0.3) is 0 Å². The highest BCUT2D eigenvalue weighted by molar-refractivity contribution is 7.80. The fourth-order valence-electron chi connectivity index (χ4n) is 4.83. The molecular weight excluding hydrogens is 586 g/mol. The van der Waals surface area contributed by atoms with E-state index in [0.29, 0.717) is 0 Å². The summed E-state index contributed by atoms with van der Waals surface area (Å²) in [4.78, 5) is 12.1. The van der Waals surface area contributed by atoms with Crippen LogP contribution in [0.5, 0.6) is 0 Å². The van der Waals surface area contributed by atoms with E-state index >= 15 is 0 Å². The van der Waals surface area contributed by atoms with Crippen LogP contribution in [0.3, 0.4) is 0 Å². The van der Waals surface area contributed by atoms with E-state index in [1.54, 1.807) is 0 Å². The average Bonchev–Trinajstić information content (AvgIpc) is 2.90. The first-order valence-electron chi connectivity index (χ1n) is 12.5. The second kappa shape index (κ2) is 14.1. The van der Waals surface area contributed by atoms with E-state index in [1.807, 2.05) is 0 Å². The standard InChI is InChI=1S/C21H37NO18S/c1-6-11(26)12(27)14(29)20(35-6)39-18-10(22-7(2)25)19(34-3)36-9(5-24)17(18)38-21-15(30)13(28)16(8(4-23)37-21)40-41(31,32)33/h6,8-21,23-24,26-30H,4-5H2,1-3H3,(H,22,25)(H,31,32,33). The molecular formula is C21H37NO18S. The number of nitrogens with one attached hydrogen (secondary N) is 1. The van der Waals surface area contributed by atoms with Crippen molar-refractivity contribution in [2.75, 3.05) is 20.3 Å². The molecule has 9 N–H and O–H groups in total. The summed E-state index contributed by atoms with van der Waals surface area (Å²) in [6.45, 7) is 0.778. The molecule has 0 radical (unpaired) electrons. The number of hydrogen-bond donors (Lipinski definition) is 9. The molecule has 19 nitrogen and oxygen atoms in total. The van der Waals surface area contributed by atoms with Gasteiger partial charge in [-0.05, 0) is 6.92 Å². The van der Waals surface area contributed by atoms with Crippen molar-refractivity contribution in [2.24, 2.45) is 0 Å². The second-order valence-electron chi connectivity index (χ2n) is 9.77. The summed E-state index contributed by atoms with van der Waals surface area (Å²) in [7, 11) is -3.94. The van der Waals surface area contributed by atoms with Gasteiger partial charge in [-0.2, -0.15) is 8.42 Å². The monoisotopic (exact) mass is 623 g/mol. The van der Waals surface area contributed by atoms with E-state index < -0.39 is 122 Å². The fourth-order valence-corrected chi connectivity index (χ4v) is 5.34. The molecule has 0 aromatic heterocycles. The average molecular weight is 624 g/mol. The summed E-state index contributed by atoms with van der Waals surface area (Å²) in [6.07, 6.45) is -23.1. The molecule has 3 fully saturated rings. The SMILES string of the molecule is COC1OC(CO)C(OC2OC(CO)C(OS(=O)(=O)O)C(O)C2O)C(OC2OC(C)C(O)C(O)C2O)C1NC(C)=O. The molecule has 20 heteroatoms. The molecule has 3 heterocycles. The maximum absolute atomic E-state index is 12.1. The van der Waals surface area contributed by atoms with Crippen LogP contribution in [0.4, 0.5) is 0 Å². The van der Waals surface area contributed by atoms with Crippen molar-refractivity contribution >= 4 is 16.3 Å². The molecule has 0 spiro atoms. The summed E-state index contributed by atoms with van der Waals surface area (Å²) < 4.78 is 69.4. The lowest BCUT2D eigenvalue weighted by atomic mass is 9.94. The molecule has 15 unspecified atom stereocenters. The quantitative estimate of drug-likeness (QED) is 0.102. The molecule has 15 atom stereocenters. The van der Waals surface area contributed by atoms with E-state index in [4.69, 9.17) is 33.0 Å². The zero-order chi connectivity index (χ0) is 30.8. The third kappa shape index (κ3) is 7.86. The van der Waals surface area contributed by atoms with Gasteiger partial charge in [0.15, 0.2) is 18.9 Å². The van der Waals surface area contributed by atoms with Gasteiger partial charge in [-0.1, -0.05) is 0 Å². The lowest BCUT2D eigenvalue weighted by molar-refractivity contribution is -0.371. The van der Waals surface area contributed by atoms with Gasteiger partial charge in [0, 0.05) is 14.0 Å². The number of carbonyl (C=O) groups is 1. The molecule has 0 bridgehead atoms. The van der Waals surface area contributed by atoms with Crippen molar-refractivity contribution in [3.8, 4) is 0 Å². The molecule has 3 aliphatic rings. The number of hydrogen-bond acceptors (Lipinski definition) is 17. The highest BCUT2D eigenvalue weighted by Crippen LogP contribution is 2.34. The van der Waals surface area contributed by atoms with Crippen LogP contribution in [0.1, 0.15) is 13.8 Å². The molecule has 0 aromatic carbocycles. The number of amides is 1. The summed E-state index contributed by atoms with van der Waals surface area (Å²) in [6, 6.07) is -1.27. The van der Waals surface area contributed by atoms with Crippen molar-refractivity contribution in [3.63, 3.8) is 0 Å². The molecule has 3 rings (SSSR count). The smallest absolute Gasteiger partial charge is 0.394 e. The van der Waals surface area contributed by atoms with Gasteiger partial charge in [-0.15, -0.1) is 0 Å².